The van der Waals surface area contributed by atoms with Gasteiger partial charge in [-0.15, -0.1) is 0 Å². The second-order valence-corrected chi connectivity index (χ2v) is 4.30. The molecular formula is C15H19N3O3. The van der Waals surface area contributed by atoms with Crippen LogP contribution in [0.15, 0.2) is 24.3 Å². The highest BCUT2D eigenvalue weighted by Gasteiger charge is 2.12. The fraction of sp³-hybridized carbons (Fsp3) is 0.333. The number of hydrogen-bond acceptors (Lipinski definition) is 6. The molecule has 0 amide bonds. The van der Waals surface area contributed by atoms with E-state index in [1.807, 2.05) is 25.1 Å². The smallest absolute Gasteiger partial charge is 0.157 e. The van der Waals surface area contributed by atoms with E-state index >= 15 is 0 Å². The molecule has 1 aromatic carbocycles. The molecule has 0 radical (unpaired) electrons. The number of nitrogens with zero attached hydrogens (tertiary/aromatic N) is 2. The van der Waals surface area contributed by atoms with Gasteiger partial charge in [-0.05, 0) is 25.1 Å². The van der Waals surface area contributed by atoms with Crippen LogP contribution in [0.4, 0.5) is 5.82 Å². The number of benzene rings is 1. The molecule has 2 N–H and O–H groups in total. The van der Waals surface area contributed by atoms with Gasteiger partial charge in [0.2, 0.25) is 0 Å². The van der Waals surface area contributed by atoms with Crippen molar-refractivity contribution in [3.63, 3.8) is 0 Å². The Labute approximate surface area is 123 Å². The molecular weight excluding hydrogens is 270 g/mol. The zero-order chi connectivity index (χ0) is 15.2. The first-order valence-electron chi connectivity index (χ1n) is 6.61. The van der Waals surface area contributed by atoms with Gasteiger partial charge in [0.05, 0.1) is 19.9 Å². The minimum Gasteiger partial charge on any atom is -0.497 e. The SMILES string of the molecule is CCOCc1nc(N)cc(-c2cc(OC)ccc2OC)n1. The van der Waals surface area contributed by atoms with Crippen LogP contribution in [0.5, 0.6) is 11.5 Å². The predicted octanol–water partition coefficient (Wildman–Crippen LogP) is 2.28. The van der Waals surface area contributed by atoms with E-state index in [-0.39, 0.29) is 0 Å². The first-order chi connectivity index (χ1) is 10.2. The number of methoxy groups -OCH3 is 2. The van der Waals surface area contributed by atoms with Crippen molar-refractivity contribution in [2.45, 2.75) is 13.5 Å². The predicted molar refractivity (Wildman–Crippen MR) is 80.3 cm³/mol. The molecule has 0 saturated carbocycles. The van der Waals surface area contributed by atoms with Crippen LogP contribution in [0.25, 0.3) is 11.3 Å². The monoisotopic (exact) mass is 289 g/mol. The highest BCUT2D eigenvalue weighted by molar-refractivity contribution is 5.70. The summed E-state index contributed by atoms with van der Waals surface area (Å²) in [6, 6.07) is 7.21. The van der Waals surface area contributed by atoms with Crippen molar-refractivity contribution in [2.24, 2.45) is 0 Å². The topological polar surface area (TPSA) is 79.5 Å². The van der Waals surface area contributed by atoms with E-state index in [9.17, 15) is 0 Å². The Morgan fingerprint density at radius 3 is 2.57 bits per heavy atom. The van der Waals surface area contributed by atoms with Crippen molar-refractivity contribution in [3.8, 4) is 22.8 Å². The Morgan fingerprint density at radius 1 is 1.10 bits per heavy atom. The van der Waals surface area contributed by atoms with Gasteiger partial charge in [-0.2, -0.15) is 0 Å². The molecule has 0 saturated heterocycles. The van der Waals surface area contributed by atoms with Crippen molar-refractivity contribution in [1.82, 2.24) is 9.97 Å². The average Bonchev–Trinajstić information content (AvgIpc) is 2.51. The summed E-state index contributed by atoms with van der Waals surface area (Å²) in [6.45, 7) is 2.83. The van der Waals surface area contributed by atoms with Gasteiger partial charge in [-0.25, -0.2) is 9.97 Å². The average molecular weight is 289 g/mol. The third-order valence-electron chi connectivity index (χ3n) is 2.91. The van der Waals surface area contributed by atoms with E-state index in [2.05, 4.69) is 9.97 Å². The Balaban J connectivity index is 2.47. The molecule has 2 aromatic rings. The highest BCUT2D eigenvalue weighted by atomic mass is 16.5. The maximum atomic E-state index is 5.85. The molecule has 112 valence electrons. The van der Waals surface area contributed by atoms with Crippen molar-refractivity contribution in [2.75, 3.05) is 26.6 Å². The molecule has 0 aliphatic heterocycles. The minimum absolute atomic E-state index is 0.320. The van der Waals surface area contributed by atoms with Crippen molar-refractivity contribution < 1.29 is 14.2 Å². The van der Waals surface area contributed by atoms with E-state index < -0.39 is 0 Å². The summed E-state index contributed by atoms with van der Waals surface area (Å²) >= 11 is 0. The normalized spacial score (nSPS) is 10.4. The molecule has 6 nitrogen and oxygen atoms in total. The van der Waals surface area contributed by atoms with Crippen LogP contribution in [0.2, 0.25) is 0 Å². The van der Waals surface area contributed by atoms with Gasteiger partial charge in [-0.3, -0.25) is 0 Å². The first-order valence-corrected chi connectivity index (χ1v) is 6.61. The van der Waals surface area contributed by atoms with Crippen LogP contribution < -0.4 is 15.2 Å². The van der Waals surface area contributed by atoms with Crippen LogP contribution in [0, 0.1) is 0 Å². The molecule has 21 heavy (non-hydrogen) atoms. The quantitative estimate of drug-likeness (QED) is 0.878. The number of aromatic nitrogens is 2. The second-order valence-electron chi connectivity index (χ2n) is 4.30. The molecule has 0 aliphatic carbocycles. The lowest BCUT2D eigenvalue weighted by atomic mass is 10.1. The molecule has 2 rings (SSSR count). The first kappa shape index (κ1) is 15.1. The lowest BCUT2D eigenvalue weighted by Gasteiger charge is -2.11. The highest BCUT2D eigenvalue weighted by Crippen LogP contribution is 2.32. The fourth-order valence-corrected chi connectivity index (χ4v) is 1.93. The summed E-state index contributed by atoms with van der Waals surface area (Å²) in [7, 11) is 3.22. The number of anilines is 1. The maximum absolute atomic E-state index is 5.85. The zero-order valence-corrected chi connectivity index (χ0v) is 12.4. The summed E-state index contributed by atoms with van der Waals surface area (Å²) in [6.07, 6.45) is 0. The molecule has 0 aliphatic rings. The van der Waals surface area contributed by atoms with E-state index in [0.717, 1.165) is 5.56 Å². The standard InChI is InChI=1S/C15H19N3O3/c1-4-21-9-15-17-12(8-14(16)18-15)11-7-10(19-2)5-6-13(11)20-3/h5-8H,4,9H2,1-3H3,(H2,16,17,18). The van der Waals surface area contributed by atoms with Gasteiger partial charge in [0.15, 0.2) is 5.82 Å². The Kier molecular flexibility index (Phi) is 4.94. The van der Waals surface area contributed by atoms with Crippen LogP contribution in [-0.4, -0.2) is 30.8 Å². The summed E-state index contributed by atoms with van der Waals surface area (Å²) < 4.78 is 15.9. The van der Waals surface area contributed by atoms with Crippen LogP contribution in [-0.2, 0) is 11.3 Å². The Morgan fingerprint density at radius 2 is 1.90 bits per heavy atom. The number of rotatable bonds is 6. The Hall–Kier alpha value is -2.34. The summed E-state index contributed by atoms with van der Waals surface area (Å²) in [4.78, 5) is 8.64. The number of nitrogen functional groups attached to an aromatic ring is 1. The molecule has 0 spiro atoms. The van der Waals surface area contributed by atoms with E-state index in [0.29, 0.717) is 42.0 Å². The molecule has 0 fully saturated rings. The molecule has 1 heterocycles. The lowest BCUT2D eigenvalue weighted by Crippen LogP contribution is -2.04. The van der Waals surface area contributed by atoms with Crippen molar-refractivity contribution >= 4 is 5.82 Å². The molecule has 6 heteroatoms. The van der Waals surface area contributed by atoms with Crippen molar-refractivity contribution in [1.29, 1.82) is 0 Å². The van der Waals surface area contributed by atoms with Gasteiger partial charge in [0.25, 0.3) is 0 Å². The molecule has 0 unspecified atom stereocenters. The number of ether oxygens (including phenoxy) is 3. The largest absolute Gasteiger partial charge is 0.497 e. The fourth-order valence-electron chi connectivity index (χ4n) is 1.93. The van der Waals surface area contributed by atoms with Crippen LogP contribution in [0.3, 0.4) is 0 Å². The second kappa shape index (κ2) is 6.90. The van der Waals surface area contributed by atoms with Gasteiger partial charge in [0, 0.05) is 18.2 Å². The minimum atomic E-state index is 0.320. The number of hydrogen-bond donors (Lipinski definition) is 1. The lowest BCUT2D eigenvalue weighted by molar-refractivity contribution is 0.128. The third-order valence-corrected chi connectivity index (χ3v) is 2.91. The third kappa shape index (κ3) is 3.61. The van der Waals surface area contributed by atoms with Crippen molar-refractivity contribution in [3.05, 3.63) is 30.1 Å². The van der Waals surface area contributed by atoms with Gasteiger partial charge >= 0.3 is 0 Å². The van der Waals surface area contributed by atoms with Gasteiger partial charge in [-0.1, -0.05) is 0 Å². The van der Waals surface area contributed by atoms with Crippen LogP contribution >= 0.6 is 0 Å². The van der Waals surface area contributed by atoms with E-state index in [1.54, 1.807) is 20.3 Å². The summed E-state index contributed by atoms with van der Waals surface area (Å²) in [5.74, 6) is 2.34. The van der Waals surface area contributed by atoms with E-state index in [4.69, 9.17) is 19.9 Å². The molecule has 1 aromatic heterocycles. The summed E-state index contributed by atoms with van der Waals surface area (Å²) in [5.41, 5.74) is 7.32. The maximum Gasteiger partial charge on any atom is 0.157 e. The zero-order valence-electron chi connectivity index (χ0n) is 12.4. The Bertz CT molecular complexity index is 617. The number of nitrogens with two attached hydrogens (primary N) is 1. The molecule has 0 atom stereocenters. The van der Waals surface area contributed by atoms with Crippen LogP contribution in [0.1, 0.15) is 12.7 Å². The van der Waals surface area contributed by atoms with Gasteiger partial charge < -0.3 is 19.9 Å². The van der Waals surface area contributed by atoms with Gasteiger partial charge in [0.1, 0.15) is 23.9 Å². The van der Waals surface area contributed by atoms with E-state index in [1.165, 1.54) is 0 Å². The molecule has 0 bridgehead atoms. The summed E-state index contributed by atoms with van der Waals surface area (Å²) in [5, 5.41) is 0.